The lowest BCUT2D eigenvalue weighted by molar-refractivity contribution is -0.137. The molecule has 2 aromatic carbocycles. The molecule has 0 atom stereocenters. The van der Waals surface area contributed by atoms with Crippen molar-refractivity contribution in [3.8, 4) is 11.5 Å². The average Bonchev–Trinajstić information content (AvgIpc) is 2.95. The molecular weight excluding hydrogens is 383 g/mol. The van der Waals surface area contributed by atoms with E-state index < -0.39 is 17.6 Å². The normalized spacial score (nSPS) is 14.9. The van der Waals surface area contributed by atoms with Crippen LogP contribution in [0.2, 0.25) is 0 Å². The zero-order valence-electron chi connectivity index (χ0n) is 16.4. The van der Waals surface area contributed by atoms with Crippen molar-refractivity contribution in [3.05, 3.63) is 53.1 Å². The fourth-order valence-electron chi connectivity index (χ4n) is 2.94. The molecule has 0 radical (unpaired) electrons. The van der Waals surface area contributed by atoms with E-state index in [4.69, 9.17) is 9.47 Å². The Morgan fingerprint density at radius 1 is 1.07 bits per heavy atom. The van der Waals surface area contributed by atoms with Gasteiger partial charge in [-0.2, -0.15) is 13.2 Å². The molecule has 29 heavy (non-hydrogen) atoms. The first-order valence-electron chi connectivity index (χ1n) is 9.33. The van der Waals surface area contributed by atoms with Gasteiger partial charge in [0.25, 0.3) is 5.91 Å². The Morgan fingerprint density at radius 3 is 2.48 bits per heavy atom. The maximum absolute atomic E-state index is 12.9. The molecule has 0 bridgehead atoms. The van der Waals surface area contributed by atoms with Crippen LogP contribution in [0.25, 0.3) is 11.6 Å². The number of halogens is 3. The number of fused-ring (bicyclic) bond motifs is 1. The third-order valence-corrected chi connectivity index (χ3v) is 4.28. The van der Waals surface area contributed by atoms with E-state index >= 15 is 0 Å². The summed E-state index contributed by atoms with van der Waals surface area (Å²) < 4.78 is 50.1. The van der Waals surface area contributed by atoms with Crippen molar-refractivity contribution < 1.29 is 27.4 Å². The molecule has 1 aliphatic heterocycles. The number of anilines is 1. The zero-order chi connectivity index (χ0) is 21.2. The quantitative estimate of drug-likeness (QED) is 0.634. The Morgan fingerprint density at radius 2 is 1.83 bits per heavy atom. The number of carbonyl (C=O) groups excluding carboxylic acids is 1. The molecule has 0 spiro atoms. The molecule has 2 aromatic rings. The second-order valence-corrected chi connectivity index (χ2v) is 7.11. The van der Waals surface area contributed by atoms with Gasteiger partial charge < -0.3 is 14.8 Å². The van der Waals surface area contributed by atoms with Gasteiger partial charge >= 0.3 is 6.18 Å². The molecule has 1 N–H and O–H groups in total. The van der Waals surface area contributed by atoms with Crippen LogP contribution >= 0.6 is 0 Å². The maximum Gasteiger partial charge on any atom is 0.416 e. The van der Waals surface area contributed by atoms with Gasteiger partial charge in [-0.3, -0.25) is 4.79 Å². The van der Waals surface area contributed by atoms with E-state index in [2.05, 4.69) is 5.32 Å². The third kappa shape index (κ3) is 4.72. The van der Waals surface area contributed by atoms with Crippen LogP contribution in [0.3, 0.4) is 0 Å². The first-order valence-corrected chi connectivity index (χ1v) is 9.33. The predicted molar refractivity (Wildman–Crippen MR) is 106 cm³/mol. The van der Waals surface area contributed by atoms with Gasteiger partial charge in [0.15, 0.2) is 11.5 Å². The average molecular weight is 405 g/mol. The van der Waals surface area contributed by atoms with E-state index in [9.17, 15) is 18.0 Å². The lowest BCUT2D eigenvalue weighted by atomic mass is 10.0. The summed E-state index contributed by atoms with van der Waals surface area (Å²) in [6, 6.07) is 8.53. The number of hydrogen-bond donors (Lipinski definition) is 1. The highest BCUT2D eigenvalue weighted by Crippen LogP contribution is 2.39. The van der Waals surface area contributed by atoms with Gasteiger partial charge in [0.05, 0.1) is 18.8 Å². The molecule has 1 aliphatic rings. The summed E-state index contributed by atoms with van der Waals surface area (Å²) in [5, 5.41) is 2.50. The van der Waals surface area contributed by atoms with Gasteiger partial charge in [0.2, 0.25) is 0 Å². The minimum atomic E-state index is -4.47. The molecule has 0 unspecified atom stereocenters. The standard InChI is InChI=1S/C22H22F3NO3/c1-4-28-20-10-14(5-8-19(20)29-12-13(2)3)9-17-16-7-6-15(22(23,24)25)11-18(16)26-21(17)27/h5-11,13H,4,12H2,1-3H3,(H,26,27)/b17-9-. The Kier molecular flexibility index (Phi) is 5.86. The van der Waals surface area contributed by atoms with Crippen molar-refractivity contribution in [1.29, 1.82) is 0 Å². The van der Waals surface area contributed by atoms with Gasteiger partial charge in [-0.1, -0.05) is 26.0 Å². The van der Waals surface area contributed by atoms with Gasteiger partial charge in [0.1, 0.15) is 0 Å². The van der Waals surface area contributed by atoms with E-state index in [0.717, 1.165) is 12.1 Å². The molecule has 0 aromatic heterocycles. The predicted octanol–water partition coefficient (Wildman–Crippen LogP) is 5.63. The van der Waals surface area contributed by atoms with Crippen molar-refractivity contribution in [1.82, 2.24) is 0 Å². The Hall–Kier alpha value is -2.96. The van der Waals surface area contributed by atoms with Crippen LogP contribution in [0.4, 0.5) is 18.9 Å². The SMILES string of the molecule is CCOc1cc(/C=C2\C(=O)Nc3cc(C(F)(F)F)ccc32)ccc1OCC(C)C. The molecule has 0 saturated carbocycles. The molecule has 7 heteroatoms. The molecule has 3 rings (SSSR count). The third-order valence-electron chi connectivity index (χ3n) is 4.28. The molecule has 0 aliphatic carbocycles. The second kappa shape index (κ2) is 8.19. The fraction of sp³-hybridized carbons (Fsp3) is 0.318. The van der Waals surface area contributed by atoms with Crippen LogP contribution in [0.1, 0.15) is 37.5 Å². The van der Waals surface area contributed by atoms with Crippen LogP contribution in [-0.2, 0) is 11.0 Å². The highest BCUT2D eigenvalue weighted by atomic mass is 19.4. The van der Waals surface area contributed by atoms with Crippen molar-refractivity contribution >= 4 is 23.2 Å². The van der Waals surface area contributed by atoms with Crippen LogP contribution in [0.5, 0.6) is 11.5 Å². The van der Waals surface area contributed by atoms with Crippen LogP contribution < -0.4 is 14.8 Å². The zero-order valence-corrected chi connectivity index (χ0v) is 16.4. The van der Waals surface area contributed by atoms with Gasteiger partial charge in [-0.05, 0) is 48.7 Å². The minimum Gasteiger partial charge on any atom is -0.490 e. The number of alkyl halides is 3. The van der Waals surface area contributed by atoms with Crippen LogP contribution in [-0.4, -0.2) is 19.1 Å². The first-order chi connectivity index (χ1) is 13.7. The lowest BCUT2D eigenvalue weighted by Gasteiger charge is -2.14. The number of ether oxygens (including phenoxy) is 2. The molecule has 4 nitrogen and oxygen atoms in total. The van der Waals surface area contributed by atoms with E-state index in [-0.39, 0.29) is 5.69 Å². The van der Waals surface area contributed by atoms with Gasteiger partial charge in [0, 0.05) is 16.8 Å². The molecule has 1 amide bonds. The minimum absolute atomic E-state index is 0.151. The molecular formula is C22H22F3NO3. The summed E-state index contributed by atoms with van der Waals surface area (Å²) in [6.45, 7) is 6.93. The fourth-order valence-corrected chi connectivity index (χ4v) is 2.94. The van der Waals surface area contributed by atoms with Crippen molar-refractivity contribution in [2.45, 2.75) is 26.9 Å². The lowest BCUT2D eigenvalue weighted by Crippen LogP contribution is -2.06. The van der Waals surface area contributed by atoms with E-state index in [1.807, 2.05) is 20.8 Å². The van der Waals surface area contributed by atoms with Crippen molar-refractivity contribution in [3.63, 3.8) is 0 Å². The van der Waals surface area contributed by atoms with Crippen molar-refractivity contribution in [2.75, 3.05) is 18.5 Å². The summed E-state index contributed by atoms with van der Waals surface area (Å²) in [6.07, 6.45) is -2.84. The number of amides is 1. The Labute approximate surface area is 167 Å². The van der Waals surface area contributed by atoms with Gasteiger partial charge in [-0.25, -0.2) is 0 Å². The Bertz CT molecular complexity index is 949. The molecule has 154 valence electrons. The topological polar surface area (TPSA) is 47.6 Å². The Balaban J connectivity index is 1.94. The summed E-state index contributed by atoms with van der Waals surface area (Å²) in [7, 11) is 0. The molecule has 0 fully saturated rings. The highest BCUT2D eigenvalue weighted by Gasteiger charge is 2.33. The number of rotatable bonds is 6. The highest BCUT2D eigenvalue weighted by molar-refractivity contribution is 6.34. The van der Waals surface area contributed by atoms with E-state index in [1.165, 1.54) is 6.07 Å². The number of carbonyl (C=O) groups is 1. The van der Waals surface area contributed by atoms with E-state index in [1.54, 1.807) is 24.3 Å². The monoisotopic (exact) mass is 405 g/mol. The second-order valence-electron chi connectivity index (χ2n) is 7.11. The van der Waals surface area contributed by atoms with Crippen molar-refractivity contribution in [2.24, 2.45) is 5.92 Å². The van der Waals surface area contributed by atoms with Crippen LogP contribution in [0.15, 0.2) is 36.4 Å². The van der Waals surface area contributed by atoms with Crippen LogP contribution in [0, 0.1) is 5.92 Å². The molecule has 0 saturated heterocycles. The number of hydrogen-bond acceptors (Lipinski definition) is 3. The largest absolute Gasteiger partial charge is 0.490 e. The maximum atomic E-state index is 12.9. The summed E-state index contributed by atoms with van der Waals surface area (Å²) in [5.74, 6) is 1.06. The molecule has 1 heterocycles. The number of benzene rings is 2. The smallest absolute Gasteiger partial charge is 0.416 e. The van der Waals surface area contributed by atoms with Gasteiger partial charge in [-0.15, -0.1) is 0 Å². The number of nitrogens with one attached hydrogen (secondary N) is 1. The van der Waals surface area contributed by atoms with E-state index in [0.29, 0.717) is 47.3 Å². The summed E-state index contributed by atoms with van der Waals surface area (Å²) in [5.41, 5.74) is 0.762. The first kappa shape index (κ1) is 20.8. The summed E-state index contributed by atoms with van der Waals surface area (Å²) >= 11 is 0. The summed E-state index contributed by atoms with van der Waals surface area (Å²) in [4.78, 5) is 12.3.